The first kappa shape index (κ1) is 45.1. The smallest absolute Gasteiger partial charge is 0.408 e. The van der Waals surface area contributed by atoms with E-state index in [2.05, 4.69) is 20.9 Å². The molecule has 2 aliphatic heterocycles. The Bertz CT molecular complexity index is 2200. The largest absolute Gasteiger partial charge is 0.491 e. The summed E-state index contributed by atoms with van der Waals surface area (Å²) in [6.45, 7) is 15.6. The molecule has 5 fully saturated rings. The second-order valence-corrected chi connectivity index (χ2v) is 20.4. The highest BCUT2D eigenvalue weighted by Crippen LogP contribution is 2.52. The van der Waals surface area contributed by atoms with Crippen molar-refractivity contribution in [3.63, 3.8) is 0 Å². The Morgan fingerprint density at radius 3 is 2.44 bits per heavy atom. The number of aliphatic carboxylic acids is 1. The van der Waals surface area contributed by atoms with Crippen LogP contribution in [0.15, 0.2) is 23.6 Å². The maximum Gasteiger partial charge on any atom is 0.408 e. The molecular weight excluding hydrogens is 850 g/mol. The molecule has 1 aromatic carbocycles. The number of aromatic nitrogens is 2. The summed E-state index contributed by atoms with van der Waals surface area (Å²) in [4.78, 5) is 68.5. The van der Waals surface area contributed by atoms with Crippen molar-refractivity contribution in [2.75, 3.05) is 51.3 Å². The summed E-state index contributed by atoms with van der Waals surface area (Å²) >= 11 is 8.55. The van der Waals surface area contributed by atoms with Crippen LogP contribution in [0.5, 0.6) is 11.5 Å². The average Bonchev–Trinajstić information content (AvgIpc) is 3.91. The van der Waals surface area contributed by atoms with Gasteiger partial charge in [-0.15, -0.1) is 11.3 Å². The number of morpholine rings is 1. The topological polar surface area (TPSA) is 194 Å². The van der Waals surface area contributed by atoms with Crippen molar-refractivity contribution in [3.05, 3.63) is 28.6 Å². The van der Waals surface area contributed by atoms with Gasteiger partial charge in [0.05, 0.1) is 31.0 Å². The van der Waals surface area contributed by atoms with Gasteiger partial charge >= 0.3 is 12.1 Å². The van der Waals surface area contributed by atoms with Crippen LogP contribution in [0, 0.1) is 23.2 Å². The van der Waals surface area contributed by atoms with Gasteiger partial charge in [-0.3, -0.25) is 14.5 Å². The van der Waals surface area contributed by atoms with Crippen LogP contribution in [0.2, 0.25) is 5.02 Å². The van der Waals surface area contributed by atoms with Crippen molar-refractivity contribution in [1.29, 1.82) is 0 Å². The number of likely N-dealkylation sites (tertiary alicyclic amines) is 1. The fraction of sp³-hybridized carbons (Fsp3) is 0.644. The predicted octanol–water partition coefficient (Wildman–Crippen LogP) is 6.20. The molecule has 2 aromatic heterocycles. The van der Waals surface area contributed by atoms with E-state index in [-0.39, 0.29) is 31.0 Å². The van der Waals surface area contributed by atoms with E-state index in [1.807, 2.05) is 53.0 Å². The monoisotopic (exact) mass is 909 g/mol. The standard InChI is InChI=1S/C45H60ClN7O9S/c1-7-27-21-45(27,41(56)57)51-39(54)33-19-29(22-53(33)40(55)38(44(4,5)6)50-43(58)62-28-17-25-16-26(25)18-28)61-35-20-31(32-23-63-42(49-32)47-24(2)3)48-37-30(35)8-9-34(36(37)46)60-15-12-52-10-13-59-14-11-52/h8-9,20,23-29,33,38H,7,10-19,21-22H2,1-6H3,(H,47,49)(H,50,58)(H,51,54)(H,56,57)/t25-,26?,27-,28+,29-,33+,38-,45-/m1/s1. The number of nitrogens with zero attached hydrogens (tertiary/aromatic N) is 4. The Labute approximate surface area is 377 Å². The molecule has 8 rings (SSSR count). The lowest BCUT2D eigenvalue weighted by molar-refractivity contribution is -0.146. The van der Waals surface area contributed by atoms with Crippen LogP contribution in [0.1, 0.15) is 80.1 Å². The SMILES string of the molecule is CC[C@@H]1C[C@]1(NC(=O)[C@@H]1C[C@@H](Oc2cc(-c3csc(NC(C)C)n3)nc3c(Cl)c(OCCN4CCOCC4)ccc23)CN1C(=O)[C@@H](NC(=O)O[C@@H]1CC2C[C@@H]2C1)C(C)(C)C)C(=O)O. The summed E-state index contributed by atoms with van der Waals surface area (Å²) in [6, 6.07) is 3.38. The number of rotatable bonds is 16. The Morgan fingerprint density at radius 1 is 1.03 bits per heavy atom. The number of carboxylic acid groups (broad SMARTS) is 1. The first-order chi connectivity index (χ1) is 30.0. The molecule has 4 heterocycles. The number of nitrogens with one attached hydrogen (secondary N) is 3. The fourth-order valence-electron chi connectivity index (χ4n) is 9.38. The van der Waals surface area contributed by atoms with E-state index in [9.17, 15) is 24.3 Å². The van der Waals surface area contributed by atoms with Crippen LogP contribution < -0.4 is 25.4 Å². The van der Waals surface area contributed by atoms with Crippen molar-refractivity contribution in [2.24, 2.45) is 23.2 Å². The second-order valence-electron chi connectivity index (χ2n) is 19.2. The quantitative estimate of drug-likeness (QED) is 0.127. The average molecular weight is 911 g/mol. The number of carbonyl (C=O) groups is 4. The van der Waals surface area contributed by atoms with E-state index in [4.69, 9.17) is 40.5 Å². The third-order valence-corrected chi connectivity index (χ3v) is 14.2. The van der Waals surface area contributed by atoms with E-state index in [1.54, 1.807) is 12.1 Å². The van der Waals surface area contributed by atoms with E-state index < -0.39 is 53.0 Å². The fourth-order valence-corrected chi connectivity index (χ4v) is 10.5. The molecule has 3 saturated carbocycles. The number of amides is 3. The Kier molecular flexibility index (Phi) is 13.0. The summed E-state index contributed by atoms with van der Waals surface area (Å²) in [5.74, 6) is -0.376. The molecule has 4 N–H and O–H groups in total. The maximum atomic E-state index is 14.8. The molecule has 1 unspecified atom stereocenters. The summed E-state index contributed by atoms with van der Waals surface area (Å²) in [5, 5.41) is 22.7. The van der Waals surface area contributed by atoms with Gasteiger partial charge < -0.3 is 44.9 Å². The zero-order valence-electron chi connectivity index (χ0n) is 36.9. The number of hydrogen-bond acceptors (Lipinski definition) is 13. The van der Waals surface area contributed by atoms with Crippen LogP contribution in [0.4, 0.5) is 9.93 Å². The van der Waals surface area contributed by atoms with Crippen LogP contribution in [-0.2, 0) is 23.9 Å². The Morgan fingerprint density at radius 2 is 1.78 bits per heavy atom. The van der Waals surface area contributed by atoms with E-state index >= 15 is 0 Å². The number of anilines is 1. The van der Waals surface area contributed by atoms with Crippen molar-refractivity contribution >= 4 is 62.8 Å². The van der Waals surface area contributed by atoms with Gasteiger partial charge in [0, 0.05) is 48.9 Å². The molecule has 5 aliphatic rings. The number of carboxylic acids is 1. The van der Waals surface area contributed by atoms with E-state index in [1.165, 1.54) is 22.7 Å². The van der Waals surface area contributed by atoms with Gasteiger partial charge in [-0.25, -0.2) is 19.6 Å². The second kappa shape index (κ2) is 18.2. The number of thiazole rings is 1. The van der Waals surface area contributed by atoms with Gasteiger partial charge in [0.1, 0.15) is 58.7 Å². The molecular formula is C45H60ClN7O9S. The van der Waals surface area contributed by atoms with Crippen molar-refractivity contribution in [3.8, 4) is 22.9 Å². The third-order valence-electron chi connectivity index (χ3n) is 13.1. The zero-order chi connectivity index (χ0) is 44.8. The van der Waals surface area contributed by atoms with Crippen molar-refractivity contribution in [2.45, 2.75) is 116 Å². The molecule has 63 heavy (non-hydrogen) atoms. The number of halogens is 1. The molecule has 0 radical (unpaired) electrons. The number of fused-ring (bicyclic) bond motifs is 2. The summed E-state index contributed by atoms with van der Waals surface area (Å²) in [7, 11) is 0. The van der Waals surface area contributed by atoms with Crippen LogP contribution >= 0.6 is 22.9 Å². The van der Waals surface area contributed by atoms with Gasteiger partial charge in [-0.05, 0) is 74.8 Å². The minimum atomic E-state index is -1.42. The maximum absolute atomic E-state index is 14.8. The highest BCUT2D eigenvalue weighted by Gasteiger charge is 2.61. The normalized spacial score (nSPS) is 27.1. The summed E-state index contributed by atoms with van der Waals surface area (Å²) in [5.41, 5.74) is -0.683. The number of carbonyl (C=O) groups excluding carboxylic acids is 3. The van der Waals surface area contributed by atoms with E-state index in [0.717, 1.165) is 31.1 Å². The van der Waals surface area contributed by atoms with Gasteiger partial charge in [0.2, 0.25) is 11.8 Å². The first-order valence-corrected chi connectivity index (χ1v) is 23.6. The molecule has 0 bridgehead atoms. The molecule has 3 amide bonds. The highest BCUT2D eigenvalue weighted by atomic mass is 35.5. The third kappa shape index (κ3) is 9.96. The van der Waals surface area contributed by atoms with Crippen LogP contribution in [-0.4, -0.2) is 131 Å². The molecule has 2 saturated heterocycles. The zero-order valence-corrected chi connectivity index (χ0v) is 38.5. The number of alkyl carbamates (subject to hydrolysis) is 1. The number of ether oxygens (including phenoxy) is 4. The minimum Gasteiger partial charge on any atom is -0.491 e. The lowest BCUT2D eigenvalue weighted by atomic mass is 9.85. The first-order valence-electron chi connectivity index (χ1n) is 22.3. The van der Waals surface area contributed by atoms with Crippen LogP contribution in [0.25, 0.3) is 22.3 Å². The lowest BCUT2D eigenvalue weighted by Gasteiger charge is -2.35. The molecule has 18 heteroatoms. The predicted molar refractivity (Wildman–Crippen MR) is 238 cm³/mol. The van der Waals surface area contributed by atoms with Gasteiger partial charge in [0.15, 0.2) is 5.13 Å². The Hall–Kier alpha value is -4.45. The molecule has 8 atom stereocenters. The summed E-state index contributed by atoms with van der Waals surface area (Å²) < 4.78 is 24.3. The van der Waals surface area contributed by atoms with Gasteiger partial charge in [-0.1, -0.05) is 45.7 Å². The van der Waals surface area contributed by atoms with Crippen molar-refractivity contribution in [1.82, 2.24) is 30.4 Å². The molecule has 3 aliphatic carbocycles. The highest BCUT2D eigenvalue weighted by molar-refractivity contribution is 7.14. The van der Waals surface area contributed by atoms with Gasteiger partial charge in [-0.2, -0.15) is 0 Å². The van der Waals surface area contributed by atoms with Gasteiger partial charge in [0.25, 0.3) is 0 Å². The number of hydrogen-bond donors (Lipinski definition) is 4. The number of pyridine rings is 1. The molecule has 0 spiro atoms. The summed E-state index contributed by atoms with van der Waals surface area (Å²) in [6.07, 6.45) is 2.11. The lowest BCUT2D eigenvalue weighted by Crippen LogP contribution is -2.59. The Balaban J connectivity index is 1.09. The minimum absolute atomic E-state index is 0.0295. The molecule has 16 nitrogen and oxygen atoms in total. The van der Waals surface area contributed by atoms with E-state index in [0.29, 0.717) is 89.9 Å². The van der Waals surface area contributed by atoms with Crippen molar-refractivity contribution < 1.29 is 43.2 Å². The molecule has 342 valence electrons. The number of benzene rings is 1. The van der Waals surface area contributed by atoms with Crippen LogP contribution in [0.3, 0.4) is 0 Å². The molecule has 3 aromatic rings.